The summed E-state index contributed by atoms with van der Waals surface area (Å²) < 4.78 is 4.30. The summed E-state index contributed by atoms with van der Waals surface area (Å²) in [6.45, 7) is 16.6. The van der Waals surface area contributed by atoms with E-state index in [1.54, 1.807) is 36.3 Å². The predicted molar refractivity (Wildman–Crippen MR) is 151 cm³/mol. The number of hydrogen-bond acceptors (Lipinski definition) is 6. The monoisotopic (exact) mass is 552 g/mol. The first-order valence-electron chi connectivity index (χ1n) is 11.2. The smallest absolute Gasteiger partial charge is 0.663 e. The van der Waals surface area contributed by atoms with Gasteiger partial charge in [0.15, 0.2) is 0 Å². The van der Waals surface area contributed by atoms with E-state index in [0.29, 0.717) is 0 Å². The van der Waals surface area contributed by atoms with Crippen molar-refractivity contribution in [2.45, 2.75) is 41.5 Å². The first-order valence-corrected chi connectivity index (χ1v) is 13.6. The molecule has 0 unspecified atom stereocenters. The second kappa shape index (κ2) is 15.8. The van der Waals surface area contributed by atoms with Crippen LogP contribution >= 0.6 is 23.9 Å². The minimum Gasteiger partial charge on any atom is -0.663 e. The summed E-state index contributed by atoms with van der Waals surface area (Å²) in [5.41, 5.74) is 6.93. The molecule has 0 saturated heterocycles. The summed E-state index contributed by atoms with van der Waals surface area (Å²) in [5.74, 6) is 0. The third-order valence-electron chi connectivity index (χ3n) is 5.25. The van der Waals surface area contributed by atoms with Gasteiger partial charge < -0.3 is 29.0 Å². The first-order chi connectivity index (χ1) is 16.4. The molecule has 4 heterocycles. The molecule has 0 aliphatic carbocycles. The van der Waals surface area contributed by atoms with E-state index < -0.39 is 0 Å². The Morgan fingerprint density at radius 3 is 1.29 bits per heavy atom. The van der Waals surface area contributed by atoms with Gasteiger partial charge in [0.1, 0.15) is 0 Å². The summed E-state index contributed by atoms with van der Waals surface area (Å²) in [7, 11) is 0. The summed E-state index contributed by atoms with van der Waals surface area (Å²) in [5, 5.41) is 8.57. The Hall–Kier alpha value is -2.06. The van der Waals surface area contributed by atoms with Crippen LogP contribution in [0.3, 0.4) is 0 Å². The van der Waals surface area contributed by atoms with Gasteiger partial charge in [-0.2, -0.15) is 12.4 Å². The molecule has 0 fully saturated rings. The number of hydrogen-bond donors (Lipinski definition) is 0. The number of nitrogens with zero attached hydrogens (tertiary/aromatic N) is 6. The topological polar surface area (TPSA) is 41.2 Å². The molecule has 0 aromatic carbocycles. The summed E-state index contributed by atoms with van der Waals surface area (Å²) in [6.07, 6.45) is 23.6. The summed E-state index contributed by atoms with van der Waals surface area (Å²) in [4.78, 5) is 4.21. The van der Waals surface area contributed by atoms with Crippen LogP contribution in [0.1, 0.15) is 41.5 Å². The normalized spacial score (nSPS) is 20.6. The van der Waals surface area contributed by atoms with Crippen molar-refractivity contribution in [1.82, 2.24) is 18.4 Å². The average molecular weight is 553 g/mol. The van der Waals surface area contributed by atoms with Crippen molar-refractivity contribution in [1.29, 1.82) is 0 Å². The Morgan fingerprint density at radius 2 is 1.03 bits per heavy atom. The molecule has 4 rings (SSSR count). The van der Waals surface area contributed by atoms with E-state index in [-0.39, 0.29) is 17.1 Å². The van der Waals surface area contributed by atoms with E-state index in [2.05, 4.69) is 82.6 Å². The third-order valence-corrected chi connectivity index (χ3v) is 6.78. The van der Waals surface area contributed by atoms with Gasteiger partial charge in [-0.3, -0.25) is 0 Å². The maximum atomic E-state index is 4.29. The van der Waals surface area contributed by atoms with E-state index in [0.717, 1.165) is 11.4 Å². The molecule has 35 heavy (non-hydrogen) atoms. The zero-order valence-electron chi connectivity index (χ0n) is 21.8. The number of allylic oxidation sites excluding steroid dienone is 10. The Morgan fingerprint density at radius 1 is 0.657 bits per heavy atom. The molecule has 0 amide bonds. The van der Waals surface area contributed by atoms with Crippen LogP contribution in [-0.4, -0.2) is 30.9 Å². The second-order valence-corrected chi connectivity index (χ2v) is 8.69. The average Bonchev–Trinajstić information content (AvgIpc) is 3.31. The zero-order valence-corrected chi connectivity index (χ0v) is 24.5. The molecule has 0 atom stereocenters. The van der Waals surface area contributed by atoms with Crippen molar-refractivity contribution < 1.29 is 17.1 Å². The van der Waals surface area contributed by atoms with Crippen LogP contribution in [0, 0.1) is 13.3 Å². The Kier molecular flexibility index (Phi) is 14.0. The molecule has 0 N–H and O–H groups in total. The van der Waals surface area contributed by atoms with Gasteiger partial charge in [0, 0.05) is 22.8 Å². The van der Waals surface area contributed by atoms with Crippen LogP contribution in [0.4, 0.5) is 0 Å². The maximum absolute atomic E-state index is 4.29. The van der Waals surface area contributed by atoms with Crippen molar-refractivity contribution in [2.75, 3.05) is 12.5 Å². The predicted octanol–water partition coefficient (Wildman–Crippen LogP) is 8.13. The van der Waals surface area contributed by atoms with E-state index in [4.69, 9.17) is 0 Å². The fourth-order valence-corrected chi connectivity index (χ4v) is 4.29. The molecule has 0 saturated carbocycles. The van der Waals surface area contributed by atoms with Crippen LogP contribution in [0.5, 0.6) is 0 Å². The Bertz CT molecular complexity index is 869. The molecule has 0 spiro atoms. The Balaban J connectivity index is 0.000000318. The summed E-state index contributed by atoms with van der Waals surface area (Å²) >= 11 is 3.39. The fraction of sp³-hybridized carbons (Fsp3) is 0.308. The summed E-state index contributed by atoms with van der Waals surface area (Å²) in [6, 6.07) is 0. The second-order valence-electron chi connectivity index (χ2n) is 7.17. The van der Waals surface area contributed by atoms with Gasteiger partial charge in [-0.05, 0) is 52.6 Å². The van der Waals surface area contributed by atoms with Crippen molar-refractivity contribution in [3.05, 3.63) is 119 Å². The molecular weight excluding hydrogens is 516 g/mol. The minimum absolute atomic E-state index is 0. The molecule has 0 bridgehead atoms. The SMILES string of the molecule is CC.CSN1[CH-]N(/C=C2/C=CC=C[N-]2)C(C)=C1C.CSN1[CH-]N(/C=C2/C=CC=C[N-]2)C(C)=C1C.[Fe+4]. The quantitative estimate of drug-likeness (QED) is 0.199. The third kappa shape index (κ3) is 8.53. The van der Waals surface area contributed by atoms with Gasteiger partial charge in [-0.25, -0.2) is 0 Å². The van der Waals surface area contributed by atoms with Gasteiger partial charge in [0.2, 0.25) is 0 Å². The van der Waals surface area contributed by atoms with Gasteiger partial charge in [-0.15, -0.1) is 24.7 Å². The number of rotatable bonds is 4. The van der Waals surface area contributed by atoms with E-state index in [1.165, 1.54) is 22.8 Å². The molecule has 0 radical (unpaired) electrons. The molecular formula is C26H36FeN6S2. The molecule has 190 valence electrons. The van der Waals surface area contributed by atoms with Gasteiger partial charge in [0.05, 0.1) is 0 Å². The minimum atomic E-state index is 0. The molecule has 4 aliphatic heterocycles. The van der Waals surface area contributed by atoms with Crippen molar-refractivity contribution in [2.24, 2.45) is 0 Å². The van der Waals surface area contributed by atoms with Crippen molar-refractivity contribution in [3.8, 4) is 0 Å². The molecule has 9 heteroatoms. The standard InChI is InChI=1S/2C12H15N3S.C2H6.Fe/c2*1-10-11(2)15(16-3)9-14(10)8-12-6-4-5-7-13-12;1-2;/h2*4-9H,1-3H3;1-2H3;/q2*-2;;+4/b2*12-8-;;. The largest absolute Gasteiger partial charge is 4.00 e. The van der Waals surface area contributed by atoms with Crippen molar-refractivity contribution >= 4 is 23.9 Å². The van der Waals surface area contributed by atoms with Crippen LogP contribution in [-0.2, 0) is 17.1 Å². The van der Waals surface area contributed by atoms with E-state index in [9.17, 15) is 0 Å². The zero-order chi connectivity index (χ0) is 25.1. The van der Waals surface area contributed by atoms with Gasteiger partial charge in [0.25, 0.3) is 0 Å². The molecule has 0 aromatic heterocycles. The molecule has 4 aliphatic rings. The Labute approximate surface area is 232 Å². The van der Waals surface area contributed by atoms with E-state index in [1.807, 2.05) is 62.7 Å². The maximum Gasteiger partial charge on any atom is 4.00 e. The van der Waals surface area contributed by atoms with Gasteiger partial charge in [-0.1, -0.05) is 74.2 Å². The van der Waals surface area contributed by atoms with Crippen LogP contribution < -0.4 is 0 Å². The molecule has 0 aromatic rings. The fourth-order valence-electron chi connectivity index (χ4n) is 3.08. The van der Waals surface area contributed by atoms with Crippen LogP contribution in [0.2, 0.25) is 0 Å². The van der Waals surface area contributed by atoms with Crippen LogP contribution in [0.15, 0.2) is 95.4 Å². The molecule has 6 nitrogen and oxygen atoms in total. The first kappa shape index (κ1) is 31.0. The van der Waals surface area contributed by atoms with Gasteiger partial charge >= 0.3 is 17.1 Å². The van der Waals surface area contributed by atoms with Crippen molar-refractivity contribution in [3.63, 3.8) is 0 Å². The van der Waals surface area contributed by atoms with E-state index >= 15 is 0 Å². The van der Waals surface area contributed by atoms with Crippen LogP contribution in [0.25, 0.3) is 10.6 Å².